The maximum Gasteiger partial charge on any atom is 0.138 e. The number of likely N-dealkylation sites (N-methyl/N-ethyl adjacent to an activating group) is 1. The average molecular weight is 353 g/mol. The number of halogens is 1. The molecule has 6 heteroatoms. The van der Waals surface area contributed by atoms with Gasteiger partial charge in [0.15, 0.2) is 0 Å². The molecule has 1 N–H and O–H groups in total. The molecule has 1 aromatic carbocycles. The molecule has 0 aliphatic carbocycles. The Hall–Kier alpha value is -1.40. The molecule has 0 aliphatic heterocycles. The Morgan fingerprint density at radius 1 is 1.43 bits per heavy atom. The van der Waals surface area contributed by atoms with Gasteiger partial charge in [-0.25, -0.2) is 4.98 Å². The van der Waals surface area contributed by atoms with Crippen molar-refractivity contribution >= 4 is 15.9 Å². The van der Waals surface area contributed by atoms with E-state index in [9.17, 15) is 0 Å². The highest BCUT2D eigenvalue weighted by molar-refractivity contribution is 9.10. The van der Waals surface area contributed by atoms with Gasteiger partial charge in [0, 0.05) is 23.5 Å². The van der Waals surface area contributed by atoms with E-state index in [1.807, 2.05) is 29.9 Å². The number of nitrogens with zero attached hydrogens (tertiary/aromatic N) is 3. The molecule has 114 valence electrons. The lowest BCUT2D eigenvalue weighted by Crippen LogP contribution is -2.21. The maximum atomic E-state index is 5.32. The number of hydrogen-bond acceptors (Lipinski definition) is 4. The summed E-state index contributed by atoms with van der Waals surface area (Å²) in [5.41, 5.74) is 1.16. The van der Waals surface area contributed by atoms with Crippen molar-refractivity contribution in [1.82, 2.24) is 20.1 Å². The summed E-state index contributed by atoms with van der Waals surface area (Å²) in [7, 11) is 3.64. The van der Waals surface area contributed by atoms with Crippen molar-refractivity contribution in [2.24, 2.45) is 0 Å². The second-order valence-electron chi connectivity index (χ2n) is 4.83. The van der Waals surface area contributed by atoms with Gasteiger partial charge >= 0.3 is 0 Å². The van der Waals surface area contributed by atoms with Crippen molar-refractivity contribution in [3.8, 4) is 5.75 Å². The maximum absolute atomic E-state index is 5.32. The van der Waals surface area contributed by atoms with E-state index in [4.69, 9.17) is 4.74 Å². The minimum Gasteiger partial charge on any atom is -0.497 e. The summed E-state index contributed by atoms with van der Waals surface area (Å²) in [6.07, 6.45) is 3.45. The van der Waals surface area contributed by atoms with Gasteiger partial charge in [-0.1, -0.05) is 22.9 Å². The van der Waals surface area contributed by atoms with Crippen LogP contribution < -0.4 is 10.1 Å². The van der Waals surface area contributed by atoms with E-state index in [1.165, 1.54) is 0 Å². The first-order chi connectivity index (χ1) is 10.2. The van der Waals surface area contributed by atoms with Gasteiger partial charge in [0.05, 0.1) is 7.11 Å². The molecule has 0 spiro atoms. The van der Waals surface area contributed by atoms with Gasteiger partial charge in [0.25, 0.3) is 0 Å². The number of rotatable bonds is 7. The number of methoxy groups -OCH3 is 1. The van der Waals surface area contributed by atoms with Crippen molar-refractivity contribution < 1.29 is 4.74 Å². The zero-order valence-corrected chi connectivity index (χ0v) is 14.2. The van der Waals surface area contributed by atoms with E-state index in [1.54, 1.807) is 13.4 Å². The van der Waals surface area contributed by atoms with E-state index < -0.39 is 0 Å². The van der Waals surface area contributed by atoms with Crippen LogP contribution in [0.3, 0.4) is 0 Å². The molecule has 1 unspecified atom stereocenters. The van der Waals surface area contributed by atoms with Crippen LogP contribution in [0.4, 0.5) is 0 Å². The topological polar surface area (TPSA) is 52.0 Å². The molecule has 0 aliphatic rings. The first-order valence-corrected chi connectivity index (χ1v) is 7.86. The molecule has 0 amide bonds. The summed E-state index contributed by atoms with van der Waals surface area (Å²) in [5, 5.41) is 7.64. The third-order valence-electron chi connectivity index (χ3n) is 3.44. The highest BCUT2D eigenvalue weighted by Gasteiger charge is 2.17. The fourth-order valence-electron chi connectivity index (χ4n) is 2.31. The van der Waals surface area contributed by atoms with Crippen molar-refractivity contribution in [2.75, 3.05) is 14.2 Å². The van der Waals surface area contributed by atoms with Crippen LogP contribution in [-0.2, 0) is 13.0 Å². The van der Waals surface area contributed by atoms with Crippen molar-refractivity contribution in [2.45, 2.75) is 32.4 Å². The molecule has 21 heavy (non-hydrogen) atoms. The number of aryl methyl sites for hydroxylation is 1. The standard InChI is InChI=1S/C15H21BrN4O/c1-4-7-20-15(18-10-19-20)9-14(17-2)12-8-11(21-3)5-6-13(12)16/h5-6,8,10,14,17H,4,7,9H2,1-3H3. The van der Waals surface area contributed by atoms with Crippen LogP contribution in [0.2, 0.25) is 0 Å². The molecule has 2 aromatic rings. The summed E-state index contributed by atoms with van der Waals surface area (Å²) in [6, 6.07) is 6.15. The predicted octanol–water partition coefficient (Wildman–Crippen LogP) is 2.96. The summed E-state index contributed by atoms with van der Waals surface area (Å²) in [6.45, 7) is 3.03. The molecule has 0 radical (unpaired) electrons. The molecule has 0 saturated carbocycles. The molecule has 1 heterocycles. The van der Waals surface area contributed by atoms with Crippen LogP contribution >= 0.6 is 15.9 Å². The molecule has 2 rings (SSSR count). The molecule has 5 nitrogen and oxygen atoms in total. The van der Waals surface area contributed by atoms with E-state index in [2.05, 4.69) is 38.3 Å². The fraction of sp³-hybridized carbons (Fsp3) is 0.467. The predicted molar refractivity (Wildman–Crippen MR) is 86.5 cm³/mol. The molecule has 1 atom stereocenters. The molecule has 0 fully saturated rings. The Bertz CT molecular complexity index is 585. The first kappa shape index (κ1) is 16.0. The Morgan fingerprint density at radius 2 is 2.24 bits per heavy atom. The van der Waals surface area contributed by atoms with Gasteiger partial charge in [-0.15, -0.1) is 0 Å². The van der Waals surface area contributed by atoms with Gasteiger partial charge in [0.2, 0.25) is 0 Å². The normalized spacial score (nSPS) is 12.4. The zero-order valence-electron chi connectivity index (χ0n) is 12.6. The van der Waals surface area contributed by atoms with E-state index in [0.717, 1.165) is 41.0 Å². The monoisotopic (exact) mass is 352 g/mol. The molecule has 1 aromatic heterocycles. The second-order valence-corrected chi connectivity index (χ2v) is 5.69. The van der Waals surface area contributed by atoms with E-state index >= 15 is 0 Å². The largest absolute Gasteiger partial charge is 0.497 e. The summed E-state index contributed by atoms with van der Waals surface area (Å²) in [5.74, 6) is 1.84. The second kappa shape index (κ2) is 7.56. The highest BCUT2D eigenvalue weighted by atomic mass is 79.9. The number of nitrogens with one attached hydrogen (secondary N) is 1. The van der Waals surface area contributed by atoms with Crippen molar-refractivity contribution in [3.05, 3.63) is 40.4 Å². The minimum atomic E-state index is 0.147. The van der Waals surface area contributed by atoms with Crippen LogP contribution in [0.1, 0.15) is 30.8 Å². The van der Waals surface area contributed by atoms with E-state index in [-0.39, 0.29) is 6.04 Å². The lowest BCUT2D eigenvalue weighted by atomic mass is 10.0. The highest BCUT2D eigenvalue weighted by Crippen LogP contribution is 2.29. The lowest BCUT2D eigenvalue weighted by Gasteiger charge is -2.19. The van der Waals surface area contributed by atoms with Gasteiger partial charge in [-0.2, -0.15) is 5.10 Å². The van der Waals surface area contributed by atoms with Crippen LogP contribution in [0.25, 0.3) is 0 Å². The van der Waals surface area contributed by atoms with Gasteiger partial charge in [-0.05, 0) is 37.2 Å². The number of aromatic nitrogens is 3. The third-order valence-corrected chi connectivity index (χ3v) is 4.17. The quantitative estimate of drug-likeness (QED) is 0.832. The molecule has 0 saturated heterocycles. The van der Waals surface area contributed by atoms with Crippen molar-refractivity contribution in [1.29, 1.82) is 0 Å². The first-order valence-electron chi connectivity index (χ1n) is 7.07. The lowest BCUT2D eigenvalue weighted by molar-refractivity contribution is 0.412. The summed E-state index contributed by atoms with van der Waals surface area (Å²) >= 11 is 3.62. The molecular formula is C15H21BrN4O. The Morgan fingerprint density at radius 3 is 2.90 bits per heavy atom. The summed E-state index contributed by atoms with van der Waals surface area (Å²) < 4.78 is 8.35. The Kier molecular flexibility index (Phi) is 5.76. The minimum absolute atomic E-state index is 0.147. The summed E-state index contributed by atoms with van der Waals surface area (Å²) in [4.78, 5) is 4.39. The van der Waals surface area contributed by atoms with Crippen LogP contribution in [0.5, 0.6) is 5.75 Å². The van der Waals surface area contributed by atoms with Crippen molar-refractivity contribution in [3.63, 3.8) is 0 Å². The molecule has 0 bridgehead atoms. The number of ether oxygens (including phenoxy) is 1. The zero-order chi connectivity index (χ0) is 15.2. The smallest absolute Gasteiger partial charge is 0.138 e. The fourth-order valence-corrected chi connectivity index (χ4v) is 2.83. The Labute approximate surface area is 133 Å². The van der Waals surface area contributed by atoms with Gasteiger partial charge in [-0.3, -0.25) is 4.68 Å². The average Bonchev–Trinajstić information content (AvgIpc) is 2.93. The van der Waals surface area contributed by atoms with Gasteiger partial charge in [0.1, 0.15) is 17.9 Å². The van der Waals surface area contributed by atoms with Crippen LogP contribution in [0, 0.1) is 0 Å². The molecular weight excluding hydrogens is 332 g/mol. The Balaban J connectivity index is 2.25. The van der Waals surface area contributed by atoms with E-state index in [0.29, 0.717) is 0 Å². The number of hydrogen-bond donors (Lipinski definition) is 1. The van der Waals surface area contributed by atoms with Crippen LogP contribution in [0.15, 0.2) is 29.0 Å². The van der Waals surface area contributed by atoms with Gasteiger partial charge < -0.3 is 10.1 Å². The third kappa shape index (κ3) is 3.83. The number of benzene rings is 1. The van der Waals surface area contributed by atoms with Crippen LogP contribution in [-0.4, -0.2) is 28.9 Å². The SMILES string of the molecule is CCCn1ncnc1CC(NC)c1cc(OC)ccc1Br.